The van der Waals surface area contributed by atoms with E-state index in [0.717, 1.165) is 12.1 Å². The molecule has 0 aromatic heterocycles. The molecule has 0 aliphatic carbocycles. The molecule has 0 spiro atoms. The van der Waals surface area contributed by atoms with Crippen LogP contribution in [0.15, 0.2) is 18.2 Å². The zero-order chi connectivity index (χ0) is 15.6. The SMILES string of the molecule is O=C(c1ccc(F)cc1Cl)N1CCN(CC(F)(F)F)CC1. The van der Waals surface area contributed by atoms with Crippen molar-refractivity contribution in [3.8, 4) is 0 Å². The third-order valence-electron chi connectivity index (χ3n) is 3.22. The molecule has 1 aromatic carbocycles. The van der Waals surface area contributed by atoms with Gasteiger partial charge in [0.1, 0.15) is 5.82 Å². The summed E-state index contributed by atoms with van der Waals surface area (Å²) in [7, 11) is 0. The van der Waals surface area contributed by atoms with Gasteiger partial charge in [-0.2, -0.15) is 13.2 Å². The van der Waals surface area contributed by atoms with Gasteiger partial charge in [0.15, 0.2) is 0 Å². The Morgan fingerprint density at radius 3 is 2.33 bits per heavy atom. The Kier molecular flexibility index (Phi) is 4.73. The molecule has 1 aliphatic heterocycles. The van der Waals surface area contributed by atoms with Crippen molar-refractivity contribution >= 4 is 17.5 Å². The molecular formula is C13H13ClF4N2O. The summed E-state index contributed by atoms with van der Waals surface area (Å²) in [6.07, 6.45) is -4.24. The van der Waals surface area contributed by atoms with Crippen molar-refractivity contribution in [1.82, 2.24) is 9.80 Å². The maximum Gasteiger partial charge on any atom is 0.401 e. The van der Waals surface area contributed by atoms with E-state index in [1.807, 2.05) is 0 Å². The van der Waals surface area contributed by atoms with Gasteiger partial charge in [0, 0.05) is 26.2 Å². The Morgan fingerprint density at radius 2 is 1.81 bits per heavy atom. The minimum absolute atomic E-state index is 0.00211. The first-order chi connectivity index (χ1) is 9.76. The lowest BCUT2D eigenvalue weighted by Gasteiger charge is -2.35. The van der Waals surface area contributed by atoms with Crippen molar-refractivity contribution in [2.45, 2.75) is 6.18 Å². The highest BCUT2D eigenvalue weighted by Crippen LogP contribution is 2.21. The van der Waals surface area contributed by atoms with Gasteiger partial charge in [-0.05, 0) is 18.2 Å². The number of carbonyl (C=O) groups is 1. The number of hydrogen-bond acceptors (Lipinski definition) is 2. The van der Waals surface area contributed by atoms with Gasteiger partial charge in [0.25, 0.3) is 5.91 Å². The fourth-order valence-electron chi connectivity index (χ4n) is 2.20. The van der Waals surface area contributed by atoms with Gasteiger partial charge in [-0.3, -0.25) is 9.69 Å². The second kappa shape index (κ2) is 6.19. The van der Waals surface area contributed by atoms with E-state index in [-0.39, 0.29) is 36.8 Å². The molecule has 1 aromatic rings. The first-order valence-corrected chi connectivity index (χ1v) is 6.67. The molecule has 21 heavy (non-hydrogen) atoms. The van der Waals surface area contributed by atoms with E-state index < -0.39 is 24.4 Å². The highest BCUT2D eigenvalue weighted by Gasteiger charge is 2.33. The minimum Gasteiger partial charge on any atom is -0.336 e. The van der Waals surface area contributed by atoms with E-state index in [4.69, 9.17) is 11.6 Å². The third kappa shape index (κ3) is 4.31. The molecule has 3 nitrogen and oxygen atoms in total. The lowest BCUT2D eigenvalue weighted by molar-refractivity contribution is -0.148. The lowest BCUT2D eigenvalue weighted by atomic mass is 10.1. The van der Waals surface area contributed by atoms with Gasteiger partial charge in [-0.1, -0.05) is 11.6 Å². The van der Waals surface area contributed by atoms with Crippen molar-refractivity contribution in [2.75, 3.05) is 32.7 Å². The molecule has 0 N–H and O–H groups in total. The Bertz CT molecular complexity index is 527. The Hall–Kier alpha value is -1.34. The van der Waals surface area contributed by atoms with Gasteiger partial charge in [-0.25, -0.2) is 4.39 Å². The predicted molar refractivity (Wildman–Crippen MR) is 69.8 cm³/mol. The van der Waals surface area contributed by atoms with Crippen LogP contribution in [-0.4, -0.2) is 54.6 Å². The van der Waals surface area contributed by atoms with E-state index >= 15 is 0 Å². The second-order valence-corrected chi connectivity index (χ2v) is 5.21. The van der Waals surface area contributed by atoms with Gasteiger partial charge < -0.3 is 4.90 Å². The van der Waals surface area contributed by atoms with Crippen LogP contribution in [-0.2, 0) is 0 Å². The summed E-state index contributed by atoms with van der Waals surface area (Å²) < 4.78 is 49.8. The molecule has 2 rings (SSSR count). The van der Waals surface area contributed by atoms with Gasteiger partial charge in [0.2, 0.25) is 0 Å². The molecule has 116 valence electrons. The van der Waals surface area contributed by atoms with Crippen LogP contribution < -0.4 is 0 Å². The second-order valence-electron chi connectivity index (χ2n) is 4.81. The normalized spacial score (nSPS) is 17.1. The van der Waals surface area contributed by atoms with Crippen molar-refractivity contribution in [2.24, 2.45) is 0 Å². The van der Waals surface area contributed by atoms with Crippen molar-refractivity contribution in [3.05, 3.63) is 34.6 Å². The molecule has 1 amide bonds. The molecule has 0 unspecified atom stereocenters. The molecule has 0 saturated carbocycles. The van der Waals surface area contributed by atoms with Crippen LogP contribution in [0.3, 0.4) is 0 Å². The van der Waals surface area contributed by atoms with Crippen molar-refractivity contribution in [1.29, 1.82) is 0 Å². The zero-order valence-electron chi connectivity index (χ0n) is 11.0. The number of piperazine rings is 1. The van der Waals surface area contributed by atoms with Crippen molar-refractivity contribution in [3.63, 3.8) is 0 Å². The first-order valence-electron chi connectivity index (χ1n) is 6.30. The summed E-state index contributed by atoms with van der Waals surface area (Å²) >= 11 is 5.81. The van der Waals surface area contributed by atoms with Crippen LogP contribution in [0.25, 0.3) is 0 Å². The molecule has 0 atom stereocenters. The fourth-order valence-corrected chi connectivity index (χ4v) is 2.44. The average Bonchev–Trinajstić information content (AvgIpc) is 2.37. The van der Waals surface area contributed by atoms with Gasteiger partial charge in [-0.15, -0.1) is 0 Å². The first kappa shape index (κ1) is 16.0. The number of nitrogens with zero attached hydrogens (tertiary/aromatic N) is 2. The van der Waals surface area contributed by atoms with Crippen LogP contribution >= 0.6 is 11.6 Å². The lowest BCUT2D eigenvalue weighted by Crippen LogP contribution is -2.50. The van der Waals surface area contributed by atoms with Crippen molar-refractivity contribution < 1.29 is 22.4 Å². The van der Waals surface area contributed by atoms with E-state index in [2.05, 4.69) is 0 Å². The molecule has 8 heteroatoms. The summed E-state index contributed by atoms with van der Waals surface area (Å²) in [6, 6.07) is 3.44. The zero-order valence-corrected chi connectivity index (χ0v) is 11.7. The molecular weight excluding hydrogens is 312 g/mol. The van der Waals surface area contributed by atoms with E-state index in [1.165, 1.54) is 15.9 Å². The molecule has 1 fully saturated rings. The Morgan fingerprint density at radius 1 is 1.19 bits per heavy atom. The maximum atomic E-state index is 12.9. The summed E-state index contributed by atoms with van der Waals surface area (Å²) in [5.74, 6) is -0.946. The van der Waals surface area contributed by atoms with E-state index in [1.54, 1.807) is 0 Å². The number of alkyl halides is 3. The summed E-state index contributed by atoms with van der Waals surface area (Å²) in [5, 5.41) is -0.00211. The highest BCUT2D eigenvalue weighted by atomic mass is 35.5. The standard InChI is InChI=1S/C13H13ClF4N2O/c14-11-7-9(15)1-2-10(11)12(21)20-5-3-19(4-6-20)8-13(16,17)18/h1-2,7H,3-6,8H2. The molecule has 1 saturated heterocycles. The van der Waals surface area contributed by atoms with Crippen LogP contribution in [0.2, 0.25) is 5.02 Å². The summed E-state index contributed by atoms with van der Waals surface area (Å²) in [6.45, 7) is -0.328. The van der Waals surface area contributed by atoms with E-state index in [0.29, 0.717) is 0 Å². The number of carbonyl (C=O) groups excluding carboxylic acids is 1. The average molecular weight is 325 g/mol. The molecule has 0 radical (unpaired) electrons. The third-order valence-corrected chi connectivity index (χ3v) is 3.54. The Labute approximate surface area is 124 Å². The fraction of sp³-hybridized carbons (Fsp3) is 0.462. The van der Waals surface area contributed by atoms with Crippen LogP contribution in [0.5, 0.6) is 0 Å². The quantitative estimate of drug-likeness (QED) is 0.781. The highest BCUT2D eigenvalue weighted by molar-refractivity contribution is 6.33. The maximum absolute atomic E-state index is 12.9. The number of halogens is 5. The smallest absolute Gasteiger partial charge is 0.336 e. The number of amides is 1. The van der Waals surface area contributed by atoms with Crippen LogP contribution in [0, 0.1) is 5.82 Å². The van der Waals surface area contributed by atoms with Crippen LogP contribution in [0.4, 0.5) is 17.6 Å². The minimum atomic E-state index is -4.24. The monoisotopic (exact) mass is 324 g/mol. The molecule has 0 bridgehead atoms. The topological polar surface area (TPSA) is 23.6 Å². The van der Waals surface area contributed by atoms with Crippen LogP contribution in [0.1, 0.15) is 10.4 Å². The number of benzene rings is 1. The Balaban J connectivity index is 1.97. The summed E-state index contributed by atoms with van der Waals surface area (Å²) in [4.78, 5) is 14.9. The van der Waals surface area contributed by atoms with E-state index in [9.17, 15) is 22.4 Å². The van der Waals surface area contributed by atoms with Gasteiger partial charge in [0.05, 0.1) is 17.1 Å². The summed E-state index contributed by atoms with van der Waals surface area (Å²) in [5.41, 5.74) is 0.155. The largest absolute Gasteiger partial charge is 0.401 e. The predicted octanol–water partition coefficient (Wildman–Crippen LogP) is 2.80. The molecule has 1 aliphatic rings. The van der Waals surface area contributed by atoms with Gasteiger partial charge >= 0.3 is 6.18 Å². The number of hydrogen-bond donors (Lipinski definition) is 0. The molecule has 1 heterocycles. The number of rotatable bonds is 2.